The predicted molar refractivity (Wildman–Crippen MR) is 97.5 cm³/mol. The molecule has 0 bridgehead atoms. The van der Waals surface area contributed by atoms with Gasteiger partial charge in [-0.25, -0.2) is 0 Å². The van der Waals surface area contributed by atoms with Gasteiger partial charge in [-0.15, -0.1) is 0 Å². The van der Waals surface area contributed by atoms with Gasteiger partial charge in [-0.1, -0.05) is 53.7 Å². The number of aliphatic imine (C=N–C) groups is 1. The highest BCUT2D eigenvalue weighted by Gasteiger charge is 2.30. The van der Waals surface area contributed by atoms with Gasteiger partial charge < -0.3 is 0 Å². The number of thioether (sulfide) groups is 1. The highest BCUT2D eigenvalue weighted by atomic mass is 35.5. The van der Waals surface area contributed by atoms with Gasteiger partial charge in [0.15, 0.2) is 5.17 Å². The number of rotatable bonds is 3. The molecule has 0 aromatic heterocycles. The van der Waals surface area contributed by atoms with Gasteiger partial charge in [0, 0.05) is 12.3 Å². The molecule has 0 saturated heterocycles. The maximum atomic E-state index is 12.8. The summed E-state index contributed by atoms with van der Waals surface area (Å²) >= 11 is 7.32. The van der Waals surface area contributed by atoms with E-state index in [-0.39, 0.29) is 11.7 Å². The second kappa shape index (κ2) is 7.72. The van der Waals surface area contributed by atoms with Crippen LogP contribution in [0.15, 0.2) is 53.5 Å². The largest absolute Gasteiger partial charge is 0.416 e. The lowest BCUT2D eigenvalue weighted by Crippen LogP contribution is -2.33. The fourth-order valence-electron chi connectivity index (χ4n) is 2.50. The highest BCUT2D eigenvalue weighted by Crippen LogP contribution is 2.31. The molecule has 26 heavy (non-hydrogen) atoms. The van der Waals surface area contributed by atoms with Crippen LogP contribution in [-0.2, 0) is 11.9 Å². The van der Waals surface area contributed by atoms with Crippen LogP contribution in [0.5, 0.6) is 0 Å². The topological polar surface area (TPSA) is 32.7 Å². The normalized spacial score (nSPS) is 14.5. The number of amides is 1. The van der Waals surface area contributed by atoms with Crippen molar-refractivity contribution in [2.45, 2.75) is 11.9 Å². The third-order valence-electron chi connectivity index (χ3n) is 3.77. The van der Waals surface area contributed by atoms with Gasteiger partial charge >= 0.3 is 6.18 Å². The lowest BCUT2D eigenvalue weighted by atomic mass is 10.1. The fourth-order valence-corrected chi connectivity index (χ4v) is 3.71. The Bertz CT molecular complexity index is 854. The molecule has 0 aliphatic carbocycles. The summed E-state index contributed by atoms with van der Waals surface area (Å²) in [6.07, 6.45) is -4.38. The van der Waals surface area contributed by atoms with Crippen molar-refractivity contribution < 1.29 is 18.0 Å². The Morgan fingerprint density at radius 2 is 1.96 bits per heavy atom. The first kappa shape index (κ1) is 18.8. The molecule has 1 heterocycles. The molecule has 0 saturated carbocycles. The van der Waals surface area contributed by atoms with E-state index in [0.717, 1.165) is 12.1 Å². The Hall–Kier alpha value is -1.99. The standard InChI is InChI=1S/C18H14ClF3N2OS/c19-15-7-2-1-6-14(15)16(25)24-9-8-23-17(24)26-11-12-4-3-5-13(10-12)18(20,21)22/h1-7,10H,8-9,11H2. The summed E-state index contributed by atoms with van der Waals surface area (Å²) in [5.41, 5.74) is 0.209. The number of alkyl halides is 3. The monoisotopic (exact) mass is 398 g/mol. The zero-order valence-corrected chi connectivity index (χ0v) is 15.0. The van der Waals surface area contributed by atoms with E-state index in [4.69, 9.17) is 11.6 Å². The summed E-state index contributed by atoms with van der Waals surface area (Å²) in [7, 11) is 0. The van der Waals surface area contributed by atoms with Crippen molar-refractivity contribution in [1.29, 1.82) is 0 Å². The summed E-state index contributed by atoms with van der Waals surface area (Å²) < 4.78 is 38.4. The Morgan fingerprint density at radius 3 is 2.69 bits per heavy atom. The lowest BCUT2D eigenvalue weighted by molar-refractivity contribution is -0.137. The molecule has 2 aromatic rings. The molecular weight excluding hydrogens is 385 g/mol. The van der Waals surface area contributed by atoms with E-state index >= 15 is 0 Å². The van der Waals surface area contributed by atoms with Crippen LogP contribution in [0.2, 0.25) is 5.02 Å². The molecule has 136 valence electrons. The SMILES string of the molecule is O=C(c1ccccc1Cl)N1CCN=C1SCc1cccc(C(F)(F)F)c1. The third kappa shape index (κ3) is 4.22. The number of amidine groups is 1. The zero-order chi connectivity index (χ0) is 18.7. The minimum Gasteiger partial charge on any atom is -0.286 e. The maximum absolute atomic E-state index is 12.8. The summed E-state index contributed by atoms with van der Waals surface area (Å²) in [4.78, 5) is 18.5. The number of hydrogen-bond acceptors (Lipinski definition) is 3. The first-order valence-corrected chi connectivity index (χ1v) is 9.12. The van der Waals surface area contributed by atoms with Crippen LogP contribution >= 0.6 is 23.4 Å². The van der Waals surface area contributed by atoms with Gasteiger partial charge in [-0.2, -0.15) is 13.2 Å². The molecule has 0 fully saturated rings. The van der Waals surface area contributed by atoms with Crippen molar-refractivity contribution in [3.8, 4) is 0 Å². The van der Waals surface area contributed by atoms with Crippen molar-refractivity contribution in [1.82, 2.24) is 4.90 Å². The quantitative estimate of drug-likeness (QED) is 0.720. The van der Waals surface area contributed by atoms with E-state index in [2.05, 4.69) is 4.99 Å². The van der Waals surface area contributed by atoms with Crippen LogP contribution in [-0.4, -0.2) is 29.1 Å². The second-order valence-corrected chi connectivity index (χ2v) is 6.94. The summed E-state index contributed by atoms with van der Waals surface area (Å²) in [5.74, 6) is 0.0260. The number of carbonyl (C=O) groups is 1. The van der Waals surface area contributed by atoms with Crippen LogP contribution < -0.4 is 0 Å². The van der Waals surface area contributed by atoms with Crippen molar-refractivity contribution in [2.75, 3.05) is 13.1 Å². The Morgan fingerprint density at radius 1 is 1.19 bits per heavy atom. The van der Waals surface area contributed by atoms with Gasteiger partial charge in [0.25, 0.3) is 5.91 Å². The number of halogens is 4. The summed E-state index contributed by atoms with van der Waals surface area (Å²) in [6, 6.07) is 11.9. The van der Waals surface area contributed by atoms with Crippen LogP contribution in [0.25, 0.3) is 0 Å². The van der Waals surface area contributed by atoms with E-state index in [9.17, 15) is 18.0 Å². The van der Waals surface area contributed by atoms with Crippen molar-refractivity contribution in [3.05, 3.63) is 70.2 Å². The molecule has 3 rings (SSSR count). The molecule has 2 aromatic carbocycles. The Labute approximate surface area is 157 Å². The molecule has 1 amide bonds. The second-order valence-electron chi connectivity index (χ2n) is 5.59. The van der Waals surface area contributed by atoms with Crippen LogP contribution in [0.4, 0.5) is 13.2 Å². The molecule has 8 heteroatoms. The first-order chi connectivity index (χ1) is 12.4. The van der Waals surface area contributed by atoms with E-state index in [1.165, 1.54) is 22.7 Å². The van der Waals surface area contributed by atoms with Gasteiger partial charge in [0.2, 0.25) is 0 Å². The number of hydrogen-bond donors (Lipinski definition) is 0. The average molecular weight is 399 g/mol. The molecule has 0 spiro atoms. The third-order valence-corrected chi connectivity index (χ3v) is 5.19. The van der Waals surface area contributed by atoms with Gasteiger partial charge in [-0.3, -0.25) is 14.7 Å². The minimum absolute atomic E-state index is 0.261. The molecule has 0 radical (unpaired) electrons. The van der Waals surface area contributed by atoms with Crippen molar-refractivity contribution >= 4 is 34.4 Å². The van der Waals surface area contributed by atoms with E-state index in [1.807, 2.05) is 0 Å². The van der Waals surface area contributed by atoms with Gasteiger partial charge in [0.1, 0.15) is 0 Å². The zero-order valence-electron chi connectivity index (χ0n) is 13.5. The van der Waals surface area contributed by atoms with Crippen molar-refractivity contribution in [3.63, 3.8) is 0 Å². The van der Waals surface area contributed by atoms with Gasteiger partial charge in [-0.05, 0) is 23.8 Å². The maximum Gasteiger partial charge on any atom is 0.416 e. The van der Waals surface area contributed by atoms with Gasteiger partial charge in [0.05, 0.1) is 22.7 Å². The lowest BCUT2D eigenvalue weighted by Gasteiger charge is -2.18. The van der Waals surface area contributed by atoms with Crippen LogP contribution in [0.3, 0.4) is 0 Å². The predicted octanol–water partition coefficient (Wildman–Crippen LogP) is 5.10. The smallest absolute Gasteiger partial charge is 0.286 e. The van der Waals surface area contributed by atoms with E-state index in [1.54, 1.807) is 30.3 Å². The molecule has 1 aliphatic heterocycles. The fraction of sp³-hybridized carbons (Fsp3) is 0.222. The molecule has 0 atom stereocenters. The van der Waals surface area contributed by atoms with E-state index in [0.29, 0.717) is 34.4 Å². The molecule has 0 unspecified atom stereocenters. The van der Waals surface area contributed by atoms with Crippen LogP contribution in [0.1, 0.15) is 21.5 Å². The first-order valence-electron chi connectivity index (χ1n) is 7.76. The highest BCUT2D eigenvalue weighted by molar-refractivity contribution is 8.13. The number of nitrogens with zero attached hydrogens (tertiary/aromatic N) is 2. The Kier molecular flexibility index (Phi) is 5.58. The molecule has 3 nitrogen and oxygen atoms in total. The molecule has 0 N–H and O–H groups in total. The van der Waals surface area contributed by atoms with Crippen LogP contribution in [0, 0.1) is 0 Å². The summed E-state index contributed by atoms with van der Waals surface area (Å²) in [6.45, 7) is 0.885. The summed E-state index contributed by atoms with van der Waals surface area (Å²) in [5, 5.41) is 0.846. The van der Waals surface area contributed by atoms with E-state index < -0.39 is 11.7 Å². The average Bonchev–Trinajstić information content (AvgIpc) is 3.08. The molecular formula is C18H14ClF3N2OS. The number of benzene rings is 2. The molecule has 1 aliphatic rings. The number of carbonyl (C=O) groups excluding carboxylic acids is 1. The Balaban J connectivity index is 1.70. The van der Waals surface area contributed by atoms with Crippen molar-refractivity contribution in [2.24, 2.45) is 4.99 Å². The minimum atomic E-state index is -4.38.